The van der Waals surface area contributed by atoms with E-state index in [1.54, 1.807) is 34.6 Å². The van der Waals surface area contributed by atoms with E-state index in [4.69, 9.17) is 14.2 Å². The predicted octanol–water partition coefficient (Wildman–Crippen LogP) is 1.42. The summed E-state index contributed by atoms with van der Waals surface area (Å²) >= 11 is 0. The van der Waals surface area contributed by atoms with Gasteiger partial charge in [0.15, 0.2) is 5.79 Å². The summed E-state index contributed by atoms with van der Waals surface area (Å²) in [5.74, 6) is -1.11. The Bertz CT molecular complexity index is 455. The highest BCUT2D eigenvalue weighted by Crippen LogP contribution is 2.31. The van der Waals surface area contributed by atoms with Gasteiger partial charge in [-0.05, 0) is 41.0 Å². The van der Waals surface area contributed by atoms with Gasteiger partial charge in [-0.3, -0.25) is 4.79 Å². The molecule has 2 heterocycles. The van der Waals surface area contributed by atoms with Crippen LogP contribution in [0.3, 0.4) is 0 Å². The number of aliphatic hydroxyl groups excluding tert-OH is 1. The minimum atomic E-state index is -0.999. The van der Waals surface area contributed by atoms with E-state index in [9.17, 15) is 14.7 Å². The number of imide groups is 1. The second kappa shape index (κ2) is 5.79. The molecule has 0 aromatic rings. The highest BCUT2D eigenvalue weighted by Gasteiger charge is 2.47. The lowest BCUT2D eigenvalue weighted by Gasteiger charge is -2.31. The van der Waals surface area contributed by atoms with Crippen LogP contribution in [0.5, 0.6) is 0 Å². The standard InChI is InChI=1S/C15H25NO6/c1-14(2,3)22-13(19)16-9(6-7-11(16)17)12(18)10-8-20-15(4,5)21-10/h9-10,12,18H,6-8H2,1-5H3/t9-,10-,12+/m1/s1. The topological polar surface area (TPSA) is 85.3 Å². The molecule has 2 amide bonds. The Hall–Kier alpha value is -1.18. The van der Waals surface area contributed by atoms with Crippen molar-refractivity contribution in [2.45, 2.75) is 77.1 Å². The molecule has 0 spiro atoms. The van der Waals surface area contributed by atoms with Crippen LogP contribution in [0.25, 0.3) is 0 Å². The summed E-state index contributed by atoms with van der Waals surface area (Å²) in [7, 11) is 0. The molecule has 2 aliphatic rings. The third-order valence-corrected chi connectivity index (χ3v) is 3.65. The Kier molecular flexibility index (Phi) is 4.52. The fraction of sp³-hybridized carbons (Fsp3) is 0.867. The van der Waals surface area contributed by atoms with Crippen LogP contribution in [0.15, 0.2) is 0 Å². The van der Waals surface area contributed by atoms with Crippen LogP contribution in [0, 0.1) is 0 Å². The molecule has 7 nitrogen and oxygen atoms in total. The molecule has 1 N–H and O–H groups in total. The Morgan fingerprint density at radius 3 is 2.59 bits per heavy atom. The Labute approximate surface area is 130 Å². The van der Waals surface area contributed by atoms with E-state index in [1.165, 1.54) is 0 Å². The van der Waals surface area contributed by atoms with E-state index >= 15 is 0 Å². The molecule has 126 valence electrons. The average molecular weight is 315 g/mol. The number of carbonyl (C=O) groups excluding carboxylic acids is 2. The maximum Gasteiger partial charge on any atom is 0.417 e. The van der Waals surface area contributed by atoms with Gasteiger partial charge < -0.3 is 19.3 Å². The van der Waals surface area contributed by atoms with Crippen LogP contribution in [0.4, 0.5) is 4.79 Å². The smallest absolute Gasteiger partial charge is 0.417 e. The molecule has 2 rings (SSSR count). The molecule has 0 saturated carbocycles. The molecular formula is C15H25NO6. The highest BCUT2D eigenvalue weighted by molar-refractivity contribution is 5.94. The van der Waals surface area contributed by atoms with Crippen LogP contribution >= 0.6 is 0 Å². The van der Waals surface area contributed by atoms with Crippen molar-refractivity contribution < 1.29 is 28.9 Å². The average Bonchev–Trinajstić information content (AvgIpc) is 2.89. The maximum absolute atomic E-state index is 12.2. The summed E-state index contributed by atoms with van der Waals surface area (Å²) in [4.78, 5) is 25.2. The number of likely N-dealkylation sites (tertiary alicyclic amines) is 1. The summed E-state index contributed by atoms with van der Waals surface area (Å²) in [5.41, 5.74) is -0.704. The Balaban J connectivity index is 2.09. The number of carbonyl (C=O) groups is 2. The van der Waals surface area contributed by atoms with Crippen molar-refractivity contribution in [3.05, 3.63) is 0 Å². The number of hydrogen-bond donors (Lipinski definition) is 1. The van der Waals surface area contributed by atoms with E-state index in [0.717, 1.165) is 4.90 Å². The third-order valence-electron chi connectivity index (χ3n) is 3.65. The fourth-order valence-corrected chi connectivity index (χ4v) is 2.71. The van der Waals surface area contributed by atoms with Crippen molar-refractivity contribution in [2.24, 2.45) is 0 Å². The molecule has 0 unspecified atom stereocenters. The van der Waals surface area contributed by atoms with E-state index in [1.807, 2.05) is 0 Å². The predicted molar refractivity (Wildman–Crippen MR) is 77.0 cm³/mol. The summed E-state index contributed by atoms with van der Waals surface area (Å²) in [6.45, 7) is 8.92. The number of ether oxygens (including phenoxy) is 3. The van der Waals surface area contributed by atoms with Crippen LogP contribution in [-0.4, -0.2) is 58.3 Å². The van der Waals surface area contributed by atoms with E-state index in [0.29, 0.717) is 6.42 Å². The first-order valence-electron chi connectivity index (χ1n) is 7.55. The van der Waals surface area contributed by atoms with Crippen molar-refractivity contribution in [1.82, 2.24) is 4.90 Å². The maximum atomic E-state index is 12.2. The number of aliphatic hydroxyl groups is 1. The largest absolute Gasteiger partial charge is 0.443 e. The second-order valence-electron chi connectivity index (χ2n) is 7.21. The van der Waals surface area contributed by atoms with Gasteiger partial charge in [0, 0.05) is 6.42 Å². The van der Waals surface area contributed by atoms with Gasteiger partial charge in [-0.15, -0.1) is 0 Å². The van der Waals surface area contributed by atoms with Crippen molar-refractivity contribution in [1.29, 1.82) is 0 Å². The molecule has 0 aromatic heterocycles. The van der Waals surface area contributed by atoms with Gasteiger partial charge in [-0.2, -0.15) is 0 Å². The third kappa shape index (κ3) is 3.77. The van der Waals surface area contributed by atoms with Gasteiger partial charge >= 0.3 is 6.09 Å². The normalized spacial score (nSPS) is 29.7. The van der Waals surface area contributed by atoms with Gasteiger partial charge in [-0.25, -0.2) is 9.69 Å². The molecule has 22 heavy (non-hydrogen) atoms. The summed E-state index contributed by atoms with van der Waals surface area (Å²) in [6, 6.07) is -0.648. The second-order valence-corrected chi connectivity index (χ2v) is 7.21. The highest BCUT2D eigenvalue weighted by atomic mass is 16.7. The Morgan fingerprint density at radius 1 is 1.45 bits per heavy atom. The Morgan fingerprint density at radius 2 is 2.09 bits per heavy atom. The number of nitrogens with zero attached hydrogens (tertiary/aromatic N) is 1. The summed E-state index contributed by atoms with van der Waals surface area (Å²) < 4.78 is 16.3. The summed E-state index contributed by atoms with van der Waals surface area (Å²) in [6.07, 6.45) is -1.70. The van der Waals surface area contributed by atoms with Crippen molar-refractivity contribution >= 4 is 12.0 Å². The lowest BCUT2D eigenvalue weighted by Crippen LogP contribution is -2.51. The monoisotopic (exact) mass is 315 g/mol. The SMILES string of the molecule is CC(C)(C)OC(=O)N1C(=O)CC[C@@H]1[C@H](O)[C@H]1COC(C)(C)O1. The van der Waals surface area contributed by atoms with E-state index < -0.39 is 35.7 Å². The molecule has 0 bridgehead atoms. The number of hydrogen-bond acceptors (Lipinski definition) is 6. The molecule has 0 radical (unpaired) electrons. The van der Waals surface area contributed by atoms with E-state index in [2.05, 4.69) is 0 Å². The quantitative estimate of drug-likeness (QED) is 0.829. The molecule has 0 aliphatic carbocycles. The molecule has 2 saturated heterocycles. The first kappa shape index (κ1) is 17.2. The van der Waals surface area contributed by atoms with Gasteiger partial charge in [0.1, 0.15) is 17.8 Å². The molecule has 7 heteroatoms. The lowest BCUT2D eigenvalue weighted by molar-refractivity contribution is -0.156. The van der Waals surface area contributed by atoms with Crippen LogP contribution in [0.2, 0.25) is 0 Å². The molecule has 2 fully saturated rings. The zero-order chi connectivity index (χ0) is 16.7. The zero-order valence-electron chi connectivity index (χ0n) is 13.8. The first-order chi connectivity index (χ1) is 10.0. The minimum Gasteiger partial charge on any atom is -0.443 e. The summed E-state index contributed by atoms with van der Waals surface area (Å²) in [5, 5.41) is 10.5. The lowest BCUT2D eigenvalue weighted by atomic mass is 10.0. The van der Waals surface area contributed by atoms with Crippen LogP contribution in [-0.2, 0) is 19.0 Å². The van der Waals surface area contributed by atoms with Crippen LogP contribution < -0.4 is 0 Å². The van der Waals surface area contributed by atoms with Crippen molar-refractivity contribution in [2.75, 3.05) is 6.61 Å². The molecule has 2 aliphatic heterocycles. The van der Waals surface area contributed by atoms with E-state index in [-0.39, 0.29) is 18.9 Å². The van der Waals surface area contributed by atoms with Gasteiger partial charge in [0.05, 0.1) is 12.6 Å². The van der Waals surface area contributed by atoms with Gasteiger partial charge in [0.2, 0.25) is 5.91 Å². The first-order valence-corrected chi connectivity index (χ1v) is 7.55. The molecular weight excluding hydrogens is 290 g/mol. The number of rotatable bonds is 2. The fourth-order valence-electron chi connectivity index (χ4n) is 2.71. The number of amides is 2. The van der Waals surface area contributed by atoms with Gasteiger partial charge in [-0.1, -0.05) is 0 Å². The van der Waals surface area contributed by atoms with Crippen LogP contribution in [0.1, 0.15) is 47.5 Å². The minimum absolute atomic E-state index is 0.206. The zero-order valence-corrected chi connectivity index (χ0v) is 13.8. The van der Waals surface area contributed by atoms with Gasteiger partial charge in [0.25, 0.3) is 0 Å². The molecule has 0 aromatic carbocycles. The van der Waals surface area contributed by atoms with Crippen molar-refractivity contribution in [3.8, 4) is 0 Å². The molecule has 3 atom stereocenters. The van der Waals surface area contributed by atoms with Crippen molar-refractivity contribution in [3.63, 3.8) is 0 Å².